The maximum Gasteiger partial charge on any atom is 0.168 e. The number of halogens is 1. The van der Waals surface area contributed by atoms with Crippen molar-refractivity contribution in [2.45, 2.75) is 26.7 Å². The molecule has 0 saturated carbocycles. The van der Waals surface area contributed by atoms with Gasteiger partial charge in [-0.2, -0.15) is 0 Å². The lowest BCUT2D eigenvalue weighted by Gasteiger charge is -2.35. The molecule has 29 heavy (non-hydrogen) atoms. The van der Waals surface area contributed by atoms with E-state index in [2.05, 4.69) is 38.1 Å². The highest BCUT2D eigenvalue weighted by Gasteiger charge is 2.35. The molecular weight excluding hydrogens is 378 g/mol. The molecule has 0 unspecified atom stereocenters. The zero-order valence-corrected chi connectivity index (χ0v) is 17.3. The predicted molar refractivity (Wildman–Crippen MR) is 122 cm³/mol. The Bertz CT molecular complexity index is 1250. The summed E-state index contributed by atoms with van der Waals surface area (Å²) in [6, 6.07) is 15.8. The van der Waals surface area contributed by atoms with Gasteiger partial charge in [0.1, 0.15) is 0 Å². The molecule has 5 rings (SSSR count). The number of carbonyl (C=O) groups excluding carboxylic acids is 1. The van der Waals surface area contributed by atoms with Crippen LogP contribution in [0.15, 0.2) is 66.3 Å². The van der Waals surface area contributed by atoms with E-state index in [-0.39, 0.29) is 11.2 Å². The summed E-state index contributed by atoms with van der Waals surface area (Å²) in [4.78, 5) is 13.5. The van der Waals surface area contributed by atoms with E-state index in [1.807, 2.05) is 36.4 Å². The van der Waals surface area contributed by atoms with Crippen LogP contribution in [0.5, 0.6) is 0 Å². The van der Waals surface area contributed by atoms with E-state index >= 15 is 0 Å². The summed E-state index contributed by atoms with van der Waals surface area (Å²) in [7, 11) is 0. The Kier molecular flexibility index (Phi) is 3.97. The van der Waals surface area contributed by atoms with Crippen LogP contribution in [-0.4, -0.2) is 5.78 Å². The number of Topliss-reactive ketones (excluding diaryl/α,β-unsaturated/α-hetero) is 1. The van der Waals surface area contributed by atoms with Crippen molar-refractivity contribution in [2.24, 2.45) is 5.41 Å². The summed E-state index contributed by atoms with van der Waals surface area (Å²) in [6.45, 7) is 4.45. The Morgan fingerprint density at radius 2 is 1.76 bits per heavy atom. The van der Waals surface area contributed by atoms with E-state index in [1.165, 1.54) is 11.1 Å². The second-order valence-electron chi connectivity index (χ2n) is 8.64. The summed E-state index contributed by atoms with van der Waals surface area (Å²) in [5, 5.41) is 2.65. The highest BCUT2D eigenvalue weighted by molar-refractivity contribution is 6.30. The van der Waals surface area contributed by atoms with Crippen LogP contribution in [0.3, 0.4) is 0 Å². The Hall–Kier alpha value is -2.84. The SMILES string of the molecule is CC1(C)CC=CC2=C1CC(=O)c1c2ccc2cc(N)cc(-c3ccc(Cl)cc3)c12. The summed E-state index contributed by atoms with van der Waals surface area (Å²) < 4.78 is 0. The van der Waals surface area contributed by atoms with Crippen molar-refractivity contribution in [3.05, 3.63) is 82.4 Å². The van der Waals surface area contributed by atoms with Gasteiger partial charge >= 0.3 is 0 Å². The van der Waals surface area contributed by atoms with E-state index in [0.717, 1.165) is 39.4 Å². The number of nitrogens with two attached hydrogens (primary N) is 1. The van der Waals surface area contributed by atoms with Crippen LogP contribution in [0.2, 0.25) is 5.02 Å². The Morgan fingerprint density at radius 1 is 1.00 bits per heavy atom. The molecule has 2 aliphatic rings. The van der Waals surface area contributed by atoms with E-state index < -0.39 is 0 Å². The first kappa shape index (κ1) is 18.2. The monoisotopic (exact) mass is 399 g/mol. The van der Waals surface area contributed by atoms with Gasteiger partial charge in [0.2, 0.25) is 0 Å². The number of fused-ring (bicyclic) bond motifs is 4. The van der Waals surface area contributed by atoms with Crippen molar-refractivity contribution in [1.29, 1.82) is 0 Å². The van der Waals surface area contributed by atoms with Gasteiger partial charge in [0, 0.05) is 28.1 Å². The number of benzene rings is 3. The fraction of sp³-hybridized carbons (Fsp3) is 0.192. The van der Waals surface area contributed by atoms with E-state index in [4.69, 9.17) is 17.3 Å². The zero-order valence-electron chi connectivity index (χ0n) is 16.6. The zero-order chi connectivity index (χ0) is 20.3. The summed E-state index contributed by atoms with van der Waals surface area (Å²) in [5.74, 6) is 0.188. The van der Waals surface area contributed by atoms with Gasteiger partial charge in [-0.3, -0.25) is 4.79 Å². The molecule has 0 spiro atoms. The number of allylic oxidation sites excluding steroid dienone is 4. The lowest BCUT2D eigenvalue weighted by atomic mass is 9.68. The number of anilines is 1. The second-order valence-corrected chi connectivity index (χ2v) is 9.08. The lowest BCUT2D eigenvalue weighted by molar-refractivity contribution is 0.0985. The minimum Gasteiger partial charge on any atom is -0.399 e. The van der Waals surface area contributed by atoms with Crippen LogP contribution in [0, 0.1) is 5.41 Å². The fourth-order valence-corrected chi connectivity index (χ4v) is 4.88. The Labute approximate surface area is 175 Å². The third kappa shape index (κ3) is 2.82. The van der Waals surface area contributed by atoms with Gasteiger partial charge in [0.15, 0.2) is 5.78 Å². The molecular formula is C26H22ClNO. The number of hydrogen-bond donors (Lipinski definition) is 1. The Morgan fingerprint density at radius 3 is 2.52 bits per heavy atom. The van der Waals surface area contributed by atoms with Crippen LogP contribution in [0.4, 0.5) is 5.69 Å². The molecule has 0 radical (unpaired) electrons. The van der Waals surface area contributed by atoms with Crippen molar-refractivity contribution < 1.29 is 4.79 Å². The molecule has 2 aliphatic carbocycles. The van der Waals surface area contributed by atoms with E-state index in [9.17, 15) is 4.79 Å². The molecule has 0 atom stereocenters. The number of hydrogen-bond acceptors (Lipinski definition) is 2. The van der Waals surface area contributed by atoms with Crippen molar-refractivity contribution in [1.82, 2.24) is 0 Å². The molecule has 0 fully saturated rings. The van der Waals surface area contributed by atoms with Crippen molar-refractivity contribution in [2.75, 3.05) is 5.73 Å². The first-order chi connectivity index (χ1) is 13.8. The highest BCUT2D eigenvalue weighted by Crippen LogP contribution is 2.48. The molecule has 0 heterocycles. The Balaban J connectivity index is 1.87. The van der Waals surface area contributed by atoms with Gasteiger partial charge in [0.25, 0.3) is 0 Å². The second kappa shape index (κ2) is 6.33. The highest BCUT2D eigenvalue weighted by atomic mass is 35.5. The predicted octanol–water partition coefficient (Wildman–Crippen LogP) is 7.07. The molecule has 3 aromatic carbocycles. The average Bonchev–Trinajstić information content (AvgIpc) is 2.68. The molecule has 2 nitrogen and oxygen atoms in total. The van der Waals surface area contributed by atoms with Crippen LogP contribution >= 0.6 is 11.6 Å². The smallest absolute Gasteiger partial charge is 0.168 e. The number of carbonyl (C=O) groups is 1. The minimum absolute atomic E-state index is 0.00646. The molecule has 0 aromatic heterocycles. The van der Waals surface area contributed by atoms with Crippen LogP contribution in [0.25, 0.3) is 27.5 Å². The standard InChI is InChI=1S/C26H22ClNO/c1-26(2)11-3-4-19-20-10-7-16-12-18(28)13-21(15-5-8-17(27)9-6-15)24(16)25(20)23(29)14-22(19)26/h3-10,12-13H,11,14,28H2,1-2H3. The topological polar surface area (TPSA) is 43.1 Å². The van der Waals surface area contributed by atoms with Crippen LogP contribution < -0.4 is 5.73 Å². The van der Waals surface area contributed by atoms with Crippen molar-refractivity contribution in [3.8, 4) is 11.1 Å². The molecule has 0 amide bonds. The maximum atomic E-state index is 13.5. The molecule has 3 aromatic rings. The lowest BCUT2D eigenvalue weighted by Crippen LogP contribution is -2.24. The average molecular weight is 400 g/mol. The van der Waals surface area contributed by atoms with Gasteiger partial charge in [-0.15, -0.1) is 0 Å². The minimum atomic E-state index is 0.00646. The molecule has 0 bridgehead atoms. The summed E-state index contributed by atoms with van der Waals surface area (Å²) in [5.41, 5.74) is 13.2. The van der Waals surface area contributed by atoms with Gasteiger partial charge < -0.3 is 5.73 Å². The number of ketones is 1. The first-order valence-corrected chi connectivity index (χ1v) is 10.3. The van der Waals surface area contributed by atoms with Crippen LogP contribution in [0.1, 0.15) is 42.6 Å². The molecule has 144 valence electrons. The fourth-order valence-electron chi connectivity index (χ4n) is 4.76. The van der Waals surface area contributed by atoms with Crippen molar-refractivity contribution in [3.63, 3.8) is 0 Å². The molecule has 3 heteroatoms. The summed E-state index contributed by atoms with van der Waals surface area (Å²) in [6.07, 6.45) is 5.86. The largest absolute Gasteiger partial charge is 0.399 e. The van der Waals surface area contributed by atoms with E-state index in [1.54, 1.807) is 0 Å². The normalized spacial score (nSPS) is 17.4. The van der Waals surface area contributed by atoms with Gasteiger partial charge in [-0.1, -0.05) is 61.9 Å². The van der Waals surface area contributed by atoms with Gasteiger partial charge in [-0.05, 0) is 69.3 Å². The van der Waals surface area contributed by atoms with E-state index in [0.29, 0.717) is 17.1 Å². The van der Waals surface area contributed by atoms with Crippen LogP contribution in [-0.2, 0) is 0 Å². The van der Waals surface area contributed by atoms with Crippen molar-refractivity contribution >= 4 is 39.4 Å². The molecule has 0 saturated heterocycles. The number of nitrogen functional groups attached to an aromatic ring is 1. The maximum absolute atomic E-state index is 13.5. The quantitative estimate of drug-likeness (QED) is 0.444. The molecule has 2 N–H and O–H groups in total. The third-order valence-corrected chi connectivity index (χ3v) is 6.51. The first-order valence-electron chi connectivity index (χ1n) is 9.91. The van der Waals surface area contributed by atoms with Gasteiger partial charge in [0.05, 0.1) is 0 Å². The third-order valence-electron chi connectivity index (χ3n) is 6.26. The molecule has 0 aliphatic heterocycles. The number of rotatable bonds is 1. The summed E-state index contributed by atoms with van der Waals surface area (Å²) >= 11 is 6.10. The van der Waals surface area contributed by atoms with Gasteiger partial charge in [-0.25, -0.2) is 0 Å².